The largest absolute Gasteiger partial charge is 0.465 e. The number of carbonyl (C=O) groups is 2. The molecule has 0 unspecified atom stereocenters. The maximum Gasteiger partial charge on any atom is 0.361 e. The molecule has 0 atom stereocenters. The molecule has 0 amide bonds. The van der Waals surface area contributed by atoms with Gasteiger partial charge >= 0.3 is 19.4 Å². The summed E-state index contributed by atoms with van der Waals surface area (Å²) < 4.78 is 28.6. The summed E-state index contributed by atoms with van der Waals surface area (Å²) in [6.07, 6.45) is 0.547. The van der Waals surface area contributed by atoms with E-state index in [2.05, 4.69) is 79.7 Å². The topological polar surface area (TPSA) is 83.4 Å². The van der Waals surface area contributed by atoms with Gasteiger partial charge in [0.05, 0.1) is 14.2 Å². The van der Waals surface area contributed by atoms with Crippen LogP contribution in [0.1, 0.15) is 74.9 Å². The summed E-state index contributed by atoms with van der Waals surface area (Å²) in [5.41, 5.74) is 5.12. The predicted octanol–water partition coefficient (Wildman–Crippen LogP) is 7.23. The molecule has 208 valence electrons. The summed E-state index contributed by atoms with van der Waals surface area (Å²) in [6, 6.07) is 8.33. The molecule has 2 aliphatic rings. The Balaban J connectivity index is 2.20. The minimum absolute atomic E-state index is 0.104. The predicted molar refractivity (Wildman–Crippen MR) is 157 cm³/mol. The lowest BCUT2D eigenvalue weighted by atomic mass is 9.81. The Hall–Kier alpha value is -2.96. The number of carbonyl (C=O) groups excluding carboxylic acids is 2. The van der Waals surface area contributed by atoms with Crippen LogP contribution in [0.5, 0.6) is 11.5 Å². The zero-order chi connectivity index (χ0) is 29.1. The zero-order valence-electron chi connectivity index (χ0n) is 24.3. The Bertz CT molecular complexity index is 1430. The van der Waals surface area contributed by atoms with Gasteiger partial charge in [0.2, 0.25) is 0 Å². The van der Waals surface area contributed by atoms with Crippen LogP contribution in [0.15, 0.2) is 39.9 Å². The average molecular weight is 570 g/mol. The average Bonchev–Trinajstić information content (AvgIpc) is 3.10. The highest BCUT2D eigenvalue weighted by Gasteiger charge is 2.50. The molecule has 0 bridgehead atoms. The molecule has 9 heteroatoms. The van der Waals surface area contributed by atoms with Gasteiger partial charge in [0.1, 0.15) is 22.1 Å². The standard InChI is InChI=1S/C30H36NO6PS/c1-16-11-18-15-19-12-17(2)14-21(30(6,7)8)24(19)37-38(36-23(18)20(13-16)29(3,4)5)25(28(33)35-10)22(26(39)31-38)27(32)34-9/h11-14H,15H2,1-10H3. The van der Waals surface area contributed by atoms with Crippen LogP contribution in [0.3, 0.4) is 0 Å². The van der Waals surface area contributed by atoms with Crippen molar-refractivity contribution in [3.63, 3.8) is 0 Å². The van der Waals surface area contributed by atoms with E-state index in [4.69, 9.17) is 35.5 Å². The third-order valence-electron chi connectivity index (χ3n) is 6.77. The lowest BCUT2D eigenvalue weighted by molar-refractivity contribution is -0.138. The van der Waals surface area contributed by atoms with Crippen molar-refractivity contribution < 1.29 is 28.1 Å². The molecule has 0 aromatic heterocycles. The van der Waals surface area contributed by atoms with Gasteiger partial charge in [-0.05, 0) is 35.8 Å². The lowest BCUT2D eigenvalue weighted by Crippen LogP contribution is -2.22. The van der Waals surface area contributed by atoms with Gasteiger partial charge in [0, 0.05) is 17.5 Å². The van der Waals surface area contributed by atoms with Crippen molar-refractivity contribution in [1.29, 1.82) is 0 Å². The molecule has 2 aromatic rings. The van der Waals surface area contributed by atoms with E-state index in [9.17, 15) is 9.59 Å². The fraction of sp³-hybridized carbons (Fsp3) is 0.433. The summed E-state index contributed by atoms with van der Waals surface area (Å²) >= 11 is 5.54. The first-order chi connectivity index (χ1) is 18.0. The maximum absolute atomic E-state index is 13.4. The van der Waals surface area contributed by atoms with Crippen molar-refractivity contribution >= 4 is 36.7 Å². The van der Waals surface area contributed by atoms with Gasteiger partial charge in [-0.2, -0.15) is 4.74 Å². The van der Waals surface area contributed by atoms with Gasteiger partial charge in [0.25, 0.3) is 0 Å². The van der Waals surface area contributed by atoms with E-state index in [-0.39, 0.29) is 26.7 Å². The molecule has 7 nitrogen and oxygen atoms in total. The maximum atomic E-state index is 13.4. The van der Waals surface area contributed by atoms with Crippen LogP contribution in [0.2, 0.25) is 0 Å². The fourth-order valence-corrected chi connectivity index (χ4v) is 8.01. The van der Waals surface area contributed by atoms with E-state index in [1.165, 1.54) is 14.2 Å². The molecule has 1 spiro atoms. The lowest BCUT2D eigenvalue weighted by Gasteiger charge is -2.35. The van der Waals surface area contributed by atoms with Gasteiger partial charge in [-0.15, -0.1) is 0 Å². The van der Waals surface area contributed by atoms with Crippen molar-refractivity contribution in [2.24, 2.45) is 4.74 Å². The monoisotopic (exact) mass is 569 g/mol. The van der Waals surface area contributed by atoms with Crippen LogP contribution in [0.4, 0.5) is 0 Å². The second-order valence-corrected chi connectivity index (χ2v) is 14.5. The number of esters is 2. The Kier molecular flexibility index (Phi) is 7.37. The molecule has 2 heterocycles. The summed E-state index contributed by atoms with van der Waals surface area (Å²) in [4.78, 5) is 26.3. The van der Waals surface area contributed by atoms with E-state index in [1.54, 1.807) is 0 Å². The minimum Gasteiger partial charge on any atom is -0.465 e. The van der Waals surface area contributed by atoms with E-state index >= 15 is 0 Å². The molecule has 0 saturated heterocycles. The highest BCUT2D eigenvalue weighted by Crippen LogP contribution is 2.66. The molecule has 0 fully saturated rings. The molecule has 2 aliphatic heterocycles. The van der Waals surface area contributed by atoms with Gasteiger partial charge < -0.3 is 18.5 Å². The molecule has 0 radical (unpaired) electrons. The zero-order valence-corrected chi connectivity index (χ0v) is 26.0. The second-order valence-electron chi connectivity index (χ2n) is 12.1. The van der Waals surface area contributed by atoms with Gasteiger partial charge in [-0.1, -0.05) is 89.2 Å². The Morgan fingerprint density at radius 3 is 1.64 bits per heavy atom. The summed E-state index contributed by atoms with van der Waals surface area (Å²) in [5, 5.41) is -0.137. The highest BCUT2D eigenvalue weighted by atomic mass is 32.1. The summed E-state index contributed by atoms with van der Waals surface area (Å²) in [7, 11) is -1.31. The first kappa shape index (κ1) is 29.0. The second kappa shape index (κ2) is 9.90. The number of benzene rings is 2. The molecule has 2 aromatic carbocycles. The minimum atomic E-state index is -3.77. The summed E-state index contributed by atoms with van der Waals surface area (Å²) in [6.45, 7) is 16.7. The van der Waals surface area contributed by atoms with Crippen LogP contribution in [-0.4, -0.2) is 31.1 Å². The van der Waals surface area contributed by atoms with Crippen molar-refractivity contribution in [2.45, 2.75) is 72.6 Å². The van der Waals surface area contributed by atoms with E-state index in [1.807, 2.05) is 0 Å². The van der Waals surface area contributed by atoms with E-state index in [0.29, 0.717) is 17.9 Å². The van der Waals surface area contributed by atoms with Crippen molar-refractivity contribution in [2.75, 3.05) is 14.2 Å². The Morgan fingerprint density at radius 2 is 1.26 bits per heavy atom. The van der Waals surface area contributed by atoms with Crippen LogP contribution < -0.4 is 9.05 Å². The number of nitrogens with zero attached hydrogens (tertiary/aromatic N) is 1. The Morgan fingerprint density at radius 1 is 0.821 bits per heavy atom. The number of ether oxygens (including phenoxy) is 2. The highest BCUT2D eigenvalue weighted by molar-refractivity contribution is 7.82. The SMILES string of the molecule is COC(=O)C1=C(C(=O)OC)P2(=NC1=S)Oc1c(cc(C)cc1C(C)(C)C)Cc1cc(C)cc(C(C)(C)C)c1O2. The quantitative estimate of drug-likeness (QED) is 0.214. The normalized spacial score (nSPS) is 16.3. The number of rotatable bonds is 2. The van der Waals surface area contributed by atoms with Gasteiger partial charge in [-0.25, -0.2) is 9.59 Å². The number of hydrogen-bond donors (Lipinski definition) is 0. The van der Waals surface area contributed by atoms with E-state index < -0.39 is 19.4 Å². The first-order valence-electron chi connectivity index (χ1n) is 12.8. The van der Waals surface area contributed by atoms with Crippen molar-refractivity contribution in [3.8, 4) is 11.5 Å². The van der Waals surface area contributed by atoms with Crippen molar-refractivity contribution in [3.05, 3.63) is 68.5 Å². The molecular formula is C30H36NO6PS. The number of hydrogen-bond acceptors (Lipinski definition) is 7. The first-order valence-corrected chi connectivity index (χ1v) is 14.8. The van der Waals surface area contributed by atoms with Gasteiger partial charge in [-0.3, -0.25) is 0 Å². The summed E-state index contributed by atoms with van der Waals surface area (Å²) in [5.74, 6) is -0.449. The smallest absolute Gasteiger partial charge is 0.361 e. The van der Waals surface area contributed by atoms with Crippen LogP contribution in [0.25, 0.3) is 0 Å². The third kappa shape index (κ3) is 5.17. The molecule has 4 rings (SSSR count). The molecule has 39 heavy (non-hydrogen) atoms. The van der Waals surface area contributed by atoms with Crippen LogP contribution in [0, 0.1) is 13.8 Å². The molecular weight excluding hydrogens is 533 g/mol. The molecule has 0 aliphatic carbocycles. The number of aryl methyl sites for hydroxylation is 2. The van der Waals surface area contributed by atoms with Gasteiger partial charge in [0.15, 0.2) is 5.31 Å². The number of thiocarbonyl (C=S) groups is 1. The number of methoxy groups -OCH3 is 2. The van der Waals surface area contributed by atoms with Crippen LogP contribution >= 0.6 is 19.7 Å². The number of fused-ring (bicyclic) bond motifs is 2. The molecule has 0 N–H and O–H groups in total. The third-order valence-corrected chi connectivity index (χ3v) is 9.50. The molecule has 0 saturated carbocycles. The van der Waals surface area contributed by atoms with E-state index in [0.717, 1.165) is 33.4 Å². The fourth-order valence-electron chi connectivity index (χ4n) is 4.95. The van der Waals surface area contributed by atoms with Crippen molar-refractivity contribution in [1.82, 2.24) is 0 Å². The Labute approximate surface area is 236 Å². The van der Waals surface area contributed by atoms with Crippen LogP contribution in [-0.2, 0) is 36.3 Å².